The number of hydrogen-bond acceptors (Lipinski definition) is 4. The summed E-state index contributed by atoms with van der Waals surface area (Å²) in [6.45, 7) is 3.02. The molecule has 4 rings (SSSR count). The normalized spacial score (nSPS) is 15.8. The number of hydrogen-bond donors (Lipinski definition) is 1. The maximum Gasteiger partial charge on any atom is 0.336 e. The van der Waals surface area contributed by atoms with Crippen molar-refractivity contribution in [3.05, 3.63) is 59.3 Å². The minimum Gasteiger partial charge on any atom is -0.478 e. The highest BCUT2D eigenvalue weighted by Crippen LogP contribution is 2.26. The van der Waals surface area contributed by atoms with E-state index in [1.165, 1.54) is 37.2 Å². The van der Waals surface area contributed by atoms with Gasteiger partial charge in [0.15, 0.2) is 0 Å². The van der Waals surface area contributed by atoms with Crippen LogP contribution in [-0.2, 0) is 13.0 Å². The summed E-state index contributed by atoms with van der Waals surface area (Å²) in [6, 6.07) is 6.18. The molecular formula is C22H25FN4O2. The number of fused-ring (bicyclic) bond motifs is 1. The highest BCUT2D eigenvalue weighted by Gasteiger charge is 2.19. The molecule has 0 bridgehead atoms. The first-order valence-electron chi connectivity index (χ1n) is 10.0. The summed E-state index contributed by atoms with van der Waals surface area (Å²) >= 11 is 0. The SMILES string of the molecule is CN1CCC(CCn2nc(Cc3cnccc3C(=O)O)c3cc(F)ccc32)CC1. The van der Waals surface area contributed by atoms with Crippen molar-refractivity contribution in [1.82, 2.24) is 19.7 Å². The van der Waals surface area contributed by atoms with Gasteiger partial charge in [0, 0.05) is 30.7 Å². The Kier molecular flexibility index (Phi) is 5.58. The summed E-state index contributed by atoms with van der Waals surface area (Å²) in [6.07, 6.45) is 6.73. The van der Waals surface area contributed by atoms with Crippen molar-refractivity contribution in [2.75, 3.05) is 20.1 Å². The lowest BCUT2D eigenvalue weighted by atomic mass is 9.94. The van der Waals surface area contributed by atoms with E-state index in [4.69, 9.17) is 5.10 Å². The Morgan fingerprint density at radius 1 is 1.28 bits per heavy atom. The van der Waals surface area contributed by atoms with E-state index in [2.05, 4.69) is 16.9 Å². The first kappa shape index (κ1) is 19.5. The first-order valence-corrected chi connectivity index (χ1v) is 10.0. The van der Waals surface area contributed by atoms with Gasteiger partial charge in [0.1, 0.15) is 5.82 Å². The summed E-state index contributed by atoms with van der Waals surface area (Å²) in [7, 11) is 2.15. The van der Waals surface area contributed by atoms with Crippen molar-refractivity contribution < 1.29 is 14.3 Å². The van der Waals surface area contributed by atoms with Gasteiger partial charge in [-0.2, -0.15) is 5.10 Å². The minimum absolute atomic E-state index is 0.199. The van der Waals surface area contributed by atoms with Crippen molar-refractivity contribution in [1.29, 1.82) is 0 Å². The Morgan fingerprint density at radius 2 is 2.07 bits per heavy atom. The second-order valence-corrected chi connectivity index (χ2v) is 7.88. The van der Waals surface area contributed by atoms with E-state index in [1.54, 1.807) is 12.3 Å². The Balaban J connectivity index is 1.61. The van der Waals surface area contributed by atoms with Gasteiger partial charge in [-0.15, -0.1) is 0 Å². The van der Waals surface area contributed by atoms with E-state index in [0.717, 1.165) is 37.0 Å². The molecule has 29 heavy (non-hydrogen) atoms. The molecule has 152 valence electrons. The van der Waals surface area contributed by atoms with Gasteiger partial charge in [-0.3, -0.25) is 9.67 Å². The number of likely N-dealkylation sites (tertiary alicyclic amines) is 1. The molecule has 0 spiro atoms. The predicted octanol–water partition coefficient (Wildman–Crippen LogP) is 3.59. The number of piperidine rings is 1. The van der Waals surface area contributed by atoms with Crippen LogP contribution in [0.2, 0.25) is 0 Å². The van der Waals surface area contributed by atoms with Crippen LogP contribution in [0.15, 0.2) is 36.7 Å². The molecular weight excluding hydrogens is 371 g/mol. The maximum absolute atomic E-state index is 13.9. The molecule has 0 aliphatic carbocycles. The predicted molar refractivity (Wildman–Crippen MR) is 109 cm³/mol. The van der Waals surface area contributed by atoms with Crippen LogP contribution < -0.4 is 0 Å². The molecule has 0 amide bonds. The number of halogens is 1. The summed E-state index contributed by atoms with van der Waals surface area (Å²) in [5.74, 6) is -0.649. The summed E-state index contributed by atoms with van der Waals surface area (Å²) in [5.41, 5.74) is 2.34. The highest BCUT2D eigenvalue weighted by molar-refractivity contribution is 5.89. The van der Waals surface area contributed by atoms with Crippen LogP contribution in [0.5, 0.6) is 0 Å². The number of carboxylic acids is 1. The van der Waals surface area contributed by atoms with Crippen molar-refractivity contribution >= 4 is 16.9 Å². The third kappa shape index (κ3) is 4.29. The van der Waals surface area contributed by atoms with Crippen LogP contribution in [-0.4, -0.2) is 50.9 Å². The number of aromatic nitrogens is 3. The van der Waals surface area contributed by atoms with E-state index in [0.29, 0.717) is 23.6 Å². The number of aromatic carboxylic acids is 1. The molecule has 0 radical (unpaired) electrons. The summed E-state index contributed by atoms with van der Waals surface area (Å²) in [4.78, 5) is 17.9. The van der Waals surface area contributed by atoms with Crippen LogP contribution in [0.25, 0.3) is 10.9 Å². The van der Waals surface area contributed by atoms with E-state index >= 15 is 0 Å². The van der Waals surface area contributed by atoms with Crippen molar-refractivity contribution in [3.63, 3.8) is 0 Å². The number of nitrogens with zero attached hydrogens (tertiary/aromatic N) is 4. The van der Waals surface area contributed by atoms with Gasteiger partial charge in [0.05, 0.1) is 16.8 Å². The van der Waals surface area contributed by atoms with Crippen LogP contribution in [0.3, 0.4) is 0 Å². The lowest BCUT2D eigenvalue weighted by Crippen LogP contribution is -2.30. The van der Waals surface area contributed by atoms with Gasteiger partial charge in [0.2, 0.25) is 0 Å². The van der Waals surface area contributed by atoms with Crippen LogP contribution in [0.4, 0.5) is 4.39 Å². The minimum atomic E-state index is -1.00. The molecule has 1 fully saturated rings. The Hall–Kier alpha value is -2.80. The molecule has 1 aromatic carbocycles. The van der Waals surface area contributed by atoms with Gasteiger partial charge < -0.3 is 10.0 Å². The Bertz CT molecular complexity index is 1020. The molecule has 0 unspecified atom stereocenters. The molecule has 3 aromatic rings. The van der Waals surface area contributed by atoms with Crippen LogP contribution in [0.1, 0.15) is 40.9 Å². The fraction of sp³-hybridized carbons (Fsp3) is 0.409. The van der Waals surface area contributed by atoms with Crippen LogP contribution in [0, 0.1) is 11.7 Å². The molecule has 1 N–H and O–H groups in total. The average molecular weight is 396 g/mol. The molecule has 1 aliphatic rings. The molecule has 1 aliphatic heterocycles. The van der Waals surface area contributed by atoms with Gasteiger partial charge in [-0.25, -0.2) is 9.18 Å². The van der Waals surface area contributed by atoms with Gasteiger partial charge in [-0.1, -0.05) is 0 Å². The Morgan fingerprint density at radius 3 is 2.83 bits per heavy atom. The third-order valence-electron chi connectivity index (χ3n) is 5.87. The van der Waals surface area contributed by atoms with Gasteiger partial charge in [0.25, 0.3) is 0 Å². The molecule has 3 heterocycles. The van der Waals surface area contributed by atoms with Crippen molar-refractivity contribution in [2.45, 2.75) is 32.2 Å². The van der Waals surface area contributed by atoms with Gasteiger partial charge >= 0.3 is 5.97 Å². The summed E-state index contributed by atoms with van der Waals surface area (Å²) in [5, 5.41) is 14.9. The zero-order valence-corrected chi connectivity index (χ0v) is 16.5. The average Bonchev–Trinajstić information content (AvgIpc) is 3.04. The largest absolute Gasteiger partial charge is 0.478 e. The fourth-order valence-corrected chi connectivity index (χ4v) is 4.13. The highest BCUT2D eigenvalue weighted by atomic mass is 19.1. The quantitative estimate of drug-likeness (QED) is 0.689. The number of rotatable bonds is 6. The molecule has 1 saturated heterocycles. The standard InChI is InChI=1S/C22H25FN4O2/c1-26-9-5-15(6-10-26)7-11-27-21-3-2-17(23)13-19(21)20(25-27)12-16-14-24-8-4-18(16)22(28)29/h2-4,8,13-15H,5-7,9-12H2,1H3,(H,28,29). The Labute approximate surface area is 169 Å². The van der Waals surface area contributed by atoms with E-state index in [-0.39, 0.29) is 11.4 Å². The van der Waals surface area contributed by atoms with Gasteiger partial charge in [-0.05, 0) is 75.1 Å². The van der Waals surface area contributed by atoms with E-state index in [1.807, 2.05) is 4.68 Å². The number of pyridine rings is 1. The second-order valence-electron chi connectivity index (χ2n) is 7.88. The number of aryl methyl sites for hydroxylation is 1. The fourth-order valence-electron chi connectivity index (χ4n) is 4.13. The molecule has 7 heteroatoms. The number of carboxylic acid groups (broad SMARTS) is 1. The first-order chi connectivity index (χ1) is 14.0. The molecule has 0 atom stereocenters. The zero-order valence-electron chi connectivity index (χ0n) is 16.5. The van der Waals surface area contributed by atoms with Crippen LogP contribution >= 0.6 is 0 Å². The lowest BCUT2D eigenvalue weighted by molar-refractivity contribution is 0.0695. The maximum atomic E-state index is 13.9. The van der Waals surface area contributed by atoms with E-state index in [9.17, 15) is 14.3 Å². The van der Waals surface area contributed by atoms with E-state index < -0.39 is 5.97 Å². The molecule has 0 saturated carbocycles. The molecule has 2 aromatic heterocycles. The third-order valence-corrected chi connectivity index (χ3v) is 5.87. The van der Waals surface area contributed by atoms with Crippen molar-refractivity contribution in [2.24, 2.45) is 5.92 Å². The molecule has 6 nitrogen and oxygen atoms in total. The topological polar surface area (TPSA) is 71.2 Å². The lowest BCUT2D eigenvalue weighted by Gasteiger charge is -2.28. The number of benzene rings is 1. The zero-order chi connectivity index (χ0) is 20.4. The number of carbonyl (C=O) groups is 1. The monoisotopic (exact) mass is 396 g/mol. The second kappa shape index (κ2) is 8.29. The van der Waals surface area contributed by atoms with Crippen molar-refractivity contribution in [3.8, 4) is 0 Å². The smallest absolute Gasteiger partial charge is 0.336 e. The summed E-state index contributed by atoms with van der Waals surface area (Å²) < 4.78 is 15.9.